The van der Waals surface area contributed by atoms with Crippen LogP contribution in [-0.4, -0.2) is 17.5 Å². The Balaban J connectivity index is 1.71. The first kappa shape index (κ1) is 23.5. The molecule has 0 unspecified atom stereocenters. The van der Waals surface area contributed by atoms with Crippen molar-refractivity contribution in [2.75, 3.05) is 0 Å². The highest BCUT2D eigenvalue weighted by atomic mass is 32.2. The van der Waals surface area contributed by atoms with Crippen LogP contribution in [0.25, 0.3) is 0 Å². The number of benzene rings is 3. The van der Waals surface area contributed by atoms with Crippen LogP contribution in [0, 0.1) is 6.07 Å². The molecular weight excluding hydrogens is 418 g/mol. The predicted octanol–water partition coefficient (Wildman–Crippen LogP) is 7.00. The van der Waals surface area contributed by atoms with E-state index in [1.54, 1.807) is 48.2 Å². The smallest absolute Gasteiger partial charge is 0.312 e. The number of nitrogens with zero attached hydrogens (tertiary/aromatic N) is 1. The van der Waals surface area contributed by atoms with E-state index in [4.69, 9.17) is 4.84 Å². The van der Waals surface area contributed by atoms with Crippen molar-refractivity contribution in [3.8, 4) is 0 Å². The Morgan fingerprint density at radius 3 is 2.34 bits per heavy atom. The van der Waals surface area contributed by atoms with Crippen molar-refractivity contribution >= 4 is 29.2 Å². The third-order valence-corrected chi connectivity index (χ3v) is 5.81. The summed E-state index contributed by atoms with van der Waals surface area (Å²) in [6, 6.07) is 26.8. The van der Waals surface area contributed by atoms with Gasteiger partial charge in [0, 0.05) is 15.4 Å². The molecule has 0 saturated carbocycles. The zero-order valence-electron chi connectivity index (χ0n) is 18.1. The fourth-order valence-corrected chi connectivity index (χ4v) is 3.88. The Kier molecular flexibility index (Phi) is 9.26. The molecule has 4 nitrogen and oxygen atoms in total. The Bertz CT molecular complexity index is 1030. The Hall–Kier alpha value is -3.18. The van der Waals surface area contributed by atoms with Crippen LogP contribution < -0.4 is 0 Å². The van der Waals surface area contributed by atoms with Crippen molar-refractivity contribution in [2.24, 2.45) is 5.16 Å². The summed E-state index contributed by atoms with van der Waals surface area (Å²) in [6.45, 7) is 2.13. The minimum atomic E-state index is -0.573. The molecule has 0 atom stereocenters. The lowest BCUT2D eigenvalue weighted by atomic mass is 10.0. The van der Waals surface area contributed by atoms with Gasteiger partial charge in [-0.3, -0.25) is 4.79 Å². The van der Waals surface area contributed by atoms with Gasteiger partial charge in [-0.15, -0.1) is 0 Å². The summed E-state index contributed by atoms with van der Waals surface area (Å²) < 4.78 is 0. The molecule has 3 aromatic rings. The van der Waals surface area contributed by atoms with Crippen molar-refractivity contribution in [3.63, 3.8) is 0 Å². The van der Waals surface area contributed by atoms with Crippen LogP contribution in [0.1, 0.15) is 59.7 Å². The van der Waals surface area contributed by atoms with E-state index < -0.39 is 5.97 Å². The van der Waals surface area contributed by atoms with Crippen molar-refractivity contribution in [2.45, 2.75) is 48.8 Å². The summed E-state index contributed by atoms with van der Waals surface area (Å²) in [7, 11) is 0. The predicted molar refractivity (Wildman–Crippen MR) is 128 cm³/mol. The fourth-order valence-electron chi connectivity index (χ4n) is 3.06. The standard InChI is InChI=1S/C27H26NO3S/c1-2-3-4-11-16-25(28-31-27(30)22-12-7-5-8-13-22)26(29)21-17-19-24(20-18-21)32-23-14-9-6-10-15-23/h5-9,12-15,17-20H,2-4,11,16H2,1H3. The highest BCUT2D eigenvalue weighted by Gasteiger charge is 2.17. The second-order valence-corrected chi connectivity index (χ2v) is 8.44. The van der Waals surface area contributed by atoms with Crippen LogP contribution in [0.5, 0.6) is 0 Å². The van der Waals surface area contributed by atoms with E-state index in [1.165, 1.54) is 0 Å². The molecule has 0 amide bonds. The van der Waals surface area contributed by atoms with Crippen molar-refractivity contribution in [1.82, 2.24) is 0 Å². The SMILES string of the molecule is CCCCCCC(=NOC(=O)c1ccccc1)C(=O)c1ccc(Sc2c[c]ccc2)cc1. The van der Waals surface area contributed by atoms with E-state index in [-0.39, 0.29) is 11.5 Å². The molecule has 5 heteroatoms. The second-order valence-electron chi connectivity index (χ2n) is 7.29. The summed E-state index contributed by atoms with van der Waals surface area (Å²) in [4.78, 5) is 32.6. The zero-order valence-corrected chi connectivity index (χ0v) is 18.9. The molecule has 3 aromatic carbocycles. The van der Waals surface area contributed by atoms with Crippen LogP contribution in [0.3, 0.4) is 0 Å². The first-order valence-corrected chi connectivity index (χ1v) is 11.6. The molecule has 0 saturated heterocycles. The number of hydrogen-bond donors (Lipinski definition) is 0. The lowest BCUT2D eigenvalue weighted by molar-refractivity contribution is 0.0514. The number of Topliss-reactive ketones (excluding diaryl/α,β-unsaturated/α-hetero) is 1. The van der Waals surface area contributed by atoms with Gasteiger partial charge in [0.2, 0.25) is 5.78 Å². The minimum Gasteiger partial charge on any atom is -0.312 e. The summed E-state index contributed by atoms with van der Waals surface area (Å²) in [5, 5.41) is 3.97. The maximum absolute atomic E-state index is 13.1. The van der Waals surface area contributed by atoms with E-state index in [0.717, 1.165) is 35.5 Å². The molecule has 0 spiro atoms. The molecule has 0 fully saturated rings. The lowest BCUT2D eigenvalue weighted by Crippen LogP contribution is -2.16. The molecule has 32 heavy (non-hydrogen) atoms. The molecular formula is C27H26NO3S. The van der Waals surface area contributed by atoms with Gasteiger partial charge in [-0.2, -0.15) is 0 Å². The van der Waals surface area contributed by atoms with Gasteiger partial charge in [0.05, 0.1) is 5.56 Å². The van der Waals surface area contributed by atoms with Gasteiger partial charge in [-0.05, 0) is 67.4 Å². The van der Waals surface area contributed by atoms with E-state index in [0.29, 0.717) is 17.5 Å². The average molecular weight is 445 g/mol. The van der Waals surface area contributed by atoms with E-state index in [2.05, 4.69) is 18.1 Å². The summed E-state index contributed by atoms with van der Waals surface area (Å²) in [6.07, 6.45) is 4.48. The molecule has 0 aliphatic heterocycles. The molecule has 3 rings (SSSR count). The summed E-state index contributed by atoms with van der Waals surface area (Å²) >= 11 is 1.61. The maximum Gasteiger partial charge on any atom is 0.365 e. The van der Waals surface area contributed by atoms with Gasteiger partial charge >= 0.3 is 5.97 Å². The fraction of sp³-hybridized carbons (Fsp3) is 0.222. The van der Waals surface area contributed by atoms with Crippen molar-refractivity contribution in [1.29, 1.82) is 0 Å². The molecule has 0 aromatic heterocycles. The van der Waals surface area contributed by atoms with Gasteiger partial charge in [0.1, 0.15) is 5.71 Å². The average Bonchev–Trinajstić information content (AvgIpc) is 2.84. The Morgan fingerprint density at radius 2 is 1.66 bits per heavy atom. The number of carbonyl (C=O) groups excluding carboxylic acids is 2. The third kappa shape index (κ3) is 7.20. The number of oxime groups is 1. The maximum atomic E-state index is 13.1. The molecule has 0 bridgehead atoms. The first-order chi connectivity index (χ1) is 15.7. The highest BCUT2D eigenvalue weighted by Crippen LogP contribution is 2.27. The van der Waals surface area contributed by atoms with Gasteiger partial charge in [-0.1, -0.05) is 73.4 Å². The topological polar surface area (TPSA) is 55.7 Å². The zero-order chi connectivity index (χ0) is 22.6. The van der Waals surface area contributed by atoms with Gasteiger partial charge in [-0.25, -0.2) is 4.79 Å². The first-order valence-electron chi connectivity index (χ1n) is 10.8. The van der Waals surface area contributed by atoms with Gasteiger partial charge in [0.15, 0.2) is 0 Å². The number of carbonyl (C=O) groups is 2. The quantitative estimate of drug-likeness (QED) is 0.105. The monoisotopic (exact) mass is 444 g/mol. The lowest BCUT2D eigenvalue weighted by Gasteiger charge is -2.07. The van der Waals surface area contributed by atoms with E-state index in [9.17, 15) is 9.59 Å². The van der Waals surface area contributed by atoms with Crippen LogP contribution in [0.4, 0.5) is 0 Å². The van der Waals surface area contributed by atoms with Gasteiger partial charge < -0.3 is 4.84 Å². The summed E-state index contributed by atoms with van der Waals surface area (Å²) in [5.74, 6) is -0.789. The van der Waals surface area contributed by atoms with Crippen LogP contribution >= 0.6 is 11.8 Å². The number of hydrogen-bond acceptors (Lipinski definition) is 5. The van der Waals surface area contributed by atoms with Crippen molar-refractivity contribution in [3.05, 3.63) is 96.1 Å². The Labute approximate surface area is 193 Å². The number of unbranched alkanes of at least 4 members (excludes halogenated alkanes) is 3. The van der Waals surface area contributed by atoms with Crippen LogP contribution in [0.15, 0.2) is 93.8 Å². The molecule has 0 aliphatic carbocycles. The molecule has 163 valence electrons. The second kappa shape index (κ2) is 12.6. The molecule has 0 N–H and O–H groups in total. The Morgan fingerprint density at radius 1 is 0.875 bits per heavy atom. The highest BCUT2D eigenvalue weighted by molar-refractivity contribution is 7.99. The number of ketones is 1. The largest absolute Gasteiger partial charge is 0.365 e. The minimum absolute atomic E-state index is 0.216. The summed E-state index contributed by atoms with van der Waals surface area (Å²) in [5.41, 5.74) is 1.19. The normalized spacial score (nSPS) is 11.2. The van der Waals surface area contributed by atoms with Crippen molar-refractivity contribution < 1.29 is 14.4 Å². The van der Waals surface area contributed by atoms with E-state index >= 15 is 0 Å². The number of rotatable bonds is 11. The van der Waals surface area contributed by atoms with Gasteiger partial charge in [0.25, 0.3) is 0 Å². The van der Waals surface area contributed by atoms with Crippen LogP contribution in [0.2, 0.25) is 0 Å². The molecule has 0 heterocycles. The third-order valence-electron chi connectivity index (χ3n) is 4.81. The van der Waals surface area contributed by atoms with E-state index in [1.807, 2.05) is 42.5 Å². The van der Waals surface area contributed by atoms with Crippen LogP contribution in [-0.2, 0) is 4.84 Å². The molecule has 0 aliphatic rings. The molecule has 1 radical (unpaired) electrons.